The zero-order valence-corrected chi connectivity index (χ0v) is 23.9. The minimum atomic E-state index is -1.95. The molecule has 3 atom stereocenters. The molecule has 0 aliphatic heterocycles. The Kier molecular flexibility index (Phi) is 9.73. The number of hydrogen-bond donors (Lipinski definition) is 0. The van der Waals surface area contributed by atoms with Crippen LogP contribution < -0.4 is 0 Å². The van der Waals surface area contributed by atoms with Crippen LogP contribution in [0, 0.1) is 12.3 Å². The van der Waals surface area contributed by atoms with Gasteiger partial charge in [0.25, 0.3) is 0 Å². The zero-order chi connectivity index (χ0) is 23.4. The minimum absolute atomic E-state index is 0.0687. The maximum atomic E-state index is 7.19. The summed E-state index contributed by atoms with van der Waals surface area (Å²) in [6, 6.07) is 3.23. The zero-order valence-electron chi connectivity index (χ0n) is 21.1. The number of rotatable bonds is 9. The van der Waals surface area contributed by atoms with E-state index in [2.05, 4.69) is 86.6 Å². The maximum Gasteiger partial charge on any atom is 0.193 e. The van der Waals surface area contributed by atoms with E-state index in [0.29, 0.717) is 6.42 Å². The second kappa shape index (κ2) is 10.5. The van der Waals surface area contributed by atoms with Crippen LogP contribution in [0.2, 0.25) is 36.3 Å². The van der Waals surface area contributed by atoms with E-state index in [1.165, 1.54) is 11.1 Å². The van der Waals surface area contributed by atoms with Crippen molar-refractivity contribution in [3.63, 3.8) is 0 Å². The second-order valence-corrected chi connectivity index (χ2v) is 20.8. The summed E-state index contributed by atoms with van der Waals surface area (Å²) in [6.07, 6.45) is 11.7. The first-order valence-electron chi connectivity index (χ1n) is 11.6. The van der Waals surface area contributed by atoms with Crippen molar-refractivity contribution in [1.82, 2.24) is 0 Å². The maximum absolute atomic E-state index is 7.19. The van der Waals surface area contributed by atoms with Gasteiger partial charge in [-0.25, -0.2) is 0 Å². The molecule has 0 saturated heterocycles. The van der Waals surface area contributed by atoms with E-state index in [-0.39, 0.29) is 17.2 Å². The number of halogens is 1. The predicted octanol–water partition coefficient (Wildman–Crippen LogP) is 8.06. The Balaban J connectivity index is 3.44. The van der Waals surface area contributed by atoms with E-state index in [4.69, 9.17) is 26.9 Å². The fraction of sp³-hybridized carbons (Fsp3) is 0.760. The number of alkyl halides is 1. The van der Waals surface area contributed by atoms with Crippen molar-refractivity contribution in [3.05, 3.63) is 23.3 Å². The van der Waals surface area contributed by atoms with Crippen LogP contribution in [0.25, 0.3) is 0 Å². The van der Waals surface area contributed by atoms with Crippen molar-refractivity contribution in [2.75, 3.05) is 0 Å². The van der Waals surface area contributed by atoms with Gasteiger partial charge >= 0.3 is 0 Å². The van der Waals surface area contributed by atoms with E-state index in [0.717, 1.165) is 24.6 Å². The molecule has 0 spiro atoms. The van der Waals surface area contributed by atoms with Gasteiger partial charge in [-0.05, 0) is 62.1 Å². The van der Waals surface area contributed by atoms with Crippen LogP contribution in [-0.4, -0.2) is 33.7 Å². The van der Waals surface area contributed by atoms with Gasteiger partial charge < -0.3 is 8.85 Å². The van der Waals surface area contributed by atoms with Gasteiger partial charge in [-0.15, -0.1) is 18.0 Å². The van der Waals surface area contributed by atoms with Gasteiger partial charge in [0.05, 0.1) is 12.2 Å². The van der Waals surface area contributed by atoms with Crippen LogP contribution in [0.5, 0.6) is 0 Å². The van der Waals surface area contributed by atoms with Gasteiger partial charge in [0.2, 0.25) is 0 Å². The van der Waals surface area contributed by atoms with Gasteiger partial charge in [0.15, 0.2) is 16.6 Å². The number of terminal acetylenes is 1. The van der Waals surface area contributed by atoms with E-state index < -0.39 is 21.5 Å². The Morgan fingerprint density at radius 2 is 1.73 bits per heavy atom. The molecule has 30 heavy (non-hydrogen) atoms. The highest BCUT2D eigenvalue weighted by Crippen LogP contribution is 2.44. The molecule has 5 heteroatoms. The summed E-state index contributed by atoms with van der Waals surface area (Å²) >= 11 is 7.19. The van der Waals surface area contributed by atoms with Gasteiger partial charge in [0.1, 0.15) is 4.87 Å². The molecule has 1 aliphatic carbocycles. The monoisotopic (exact) mass is 468 g/mol. The fourth-order valence-electron chi connectivity index (χ4n) is 3.76. The lowest BCUT2D eigenvalue weighted by molar-refractivity contribution is 0.128. The SMILES string of the molecule is C#C[C@@]1(Cl)C[C@H](O[Si](C)(C)C(C)(C)C)C=C(CC=C(C)C)[C@@H]1O[Si](CC)(CC)CC. The summed E-state index contributed by atoms with van der Waals surface area (Å²) in [6.45, 7) is 22.4. The largest absolute Gasteiger partial charge is 0.410 e. The first kappa shape index (κ1) is 27.7. The van der Waals surface area contributed by atoms with Crippen LogP contribution in [0.1, 0.15) is 68.2 Å². The van der Waals surface area contributed by atoms with Crippen molar-refractivity contribution in [1.29, 1.82) is 0 Å². The molecule has 0 unspecified atom stereocenters. The molecule has 0 aromatic rings. The average molecular weight is 469 g/mol. The Labute approximate surface area is 194 Å². The first-order valence-corrected chi connectivity index (χ1v) is 17.4. The van der Waals surface area contributed by atoms with Crippen LogP contribution >= 0.6 is 11.6 Å². The molecule has 0 fully saturated rings. The molecule has 0 amide bonds. The highest BCUT2D eigenvalue weighted by atomic mass is 35.5. The van der Waals surface area contributed by atoms with Crippen LogP contribution in [0.3, 0.4) is 0 Å². The average Bonchev–Trinajstić information content (AvgIpc) is 2.65. The topological polar surface area (TPSA) is 18.5 Å². The van der Waals surface area contributed by atoms with E-state index in [9.17, 15) is 0 Å². The molecule has 0 bridgehead atoms. The molecule has 1 rings (SSSR count). The van der Waals surface area contributed by atoms with Gasteiger partial charge in [-0.3, -0.25) is 0 Å². The third-order valence-electron chi connectivity index (χ3n) is 7.19. The van der Waals surface area contributed by atoms with Crippen molar-refractivity contribution in [2.45, 2.75) is 122 Å². The summed E-state index contributed by atoms with van der Waals surface area (Å²) < 4.78 is 13.7. The third-order valence-corrected chi connectivity index (χ3v) is 16.8. The second-order valence-electron chi connectivity index (χ2n) is 10.6. The summed E-state index contributed by atoms with van der Waals surface area (Å²) in [5.74, 6) is 2.93. The molecule has 0 aromatic heterocycles. The van der Waals surface area contributed by atoms with Crippen LogP contribution in [-0.2, 0) is 8.85 Å². The standard InChI is InChI=1S/C25H45ClO2Si2/c1-12-25(26)19-22(27-29(10,11)24(7,8)9)18-21(17-16-20(5)6)23(25)28-30(13-2,14-3)15-4/h1,16,18,22-23H,13-15,17,19H2,2-11H3/t22-,23+,25-/m1/s1. The van der Waals surface area contributed by atoms with Crippen molar-refractivity contribution in [2.24, 2.45) is 0 Å². The molecule has 1 aliphatic rings. The third kappa shape index (κ3) is 6.59. The van der Waals surface area contributed by atoms with Crippen molar-refractivity contribution < 1.29 is 8.85 Å². The lowest BCUT2D eigenvalue weighted by Gasteiger charge is -2.46. The Morgan fingerprint density at radius 3 is 2.13 bits per heavy atom. The molecule has 2 nitrogen and oxygen atoms in total. The first-order chi connectivity index (χ1) is 13.7. The molecule has 0 heterocycles. The van der Waals surface area contributed by atoms with E-state index >= 15 is 0 Å². The molecular weight excluding hydrogens is 424 g/mol. The molecular formula is C25H45ClO2Si2. The van der Waals surface area contributed by atoms with E-state index in [1.807, 2.05) is 0 Å². The summed E-state index contributed by atoms with van der Waals surface area (Å²) in [7, 11) is -3.83. The van der Waals surface area contributed by atoms with Crippen LogP contribution in [0.4, 0.5) is 0 Å². The van der Waals surface area contributed by atoms with E-state index in [1.54, 1.807) is 0 Å². The smallest absolute Gasteiger partial charge is 0.193 e. The van der Waals surface area contributed by atoms with Gasteiger partial charge in [-0.2, -0.15) is 0 Å². The van der Waals surface area contributed by atoms with Crippen LogP contribution in [0.15, 0.2) is 23.3 Å². The van der Waals surface area contributed by atoms with Gasteiger partial charge in [-0.1, -0.05) is 65.2 Å². The minimum Gasteiger partial charge on any atom is -0.410 e. The number of hydrogen-bond acceptors (Lipinski definition) is 2. The molecule has 172 valence electrons. The van der Waals surface area contributed by atoms with Crippen molar-refractivity contribution >= 4 is 28.2 Å². The Morgan fingerprint density at radius 1 is 1.20 bits per heavy atom. The number of allylic oxidation sites excluding steroid dienone is 2. The Hall–Kier alpha value is -0.316. The summed E-state index contributed by atoms with van der Waals surface area (Å²) in [5, 5.41) is 0.133. The normalized spacial score (nSPS) is 25.5. The summed E-state index contributed by atoms with van der Waals surface area (Å²) in [4.78, 5) is -0.871. The lowest BCUT2D eigenvalue weighted by Crippen LogP contribution is -2.53. The fourth-order valence-corrected chi connectivity index (χ4v) is 8.29. The highest BCUT2D eigenvalue weighted by molar-refractivity contribution is 6.74. The van der Waals surface area contributed by atoms with Crippen molar-refractivity contribution in [3.8, 4) is 12.3 Å². The van der Waals surface area contributed by atoms with Gasteiger partial charge in [0, 0.05) is 6.42 Å². The Bertz CT molecular complexity index is 668. The molecule has 0 radical (unpaired) electrons. The molecule has 0 saturated carbocycles. The predicted molar refractivity (Wildman–Crippen MR) is 138 cm³/mol. The summed E-state index contributed by atoms with van der Waals surface area (Å²) in [5.41, 5.74) is 2.47. The highest BCUT2D eigenvalue weighted by Gasteiger charge is 2.49. The lowest BCUT2D eigenvalue weighted by atomic mass is 9.82. The molecule has 0 aromatic carbocycles. The quantitative estimate of drug-likeness (QED) is 0.147. The molecule has 0 N–H and O–H groups in total.